The van der Waals surface area contributed by atoms with Gasteiger partial charge in [0.25, 0.3) is 5.91 Å². The summed E-state index contributed by atoms with van der Waals surface area (Å²) in [6, 6.07) is 22.6. The van der Waals surface area contributed by atoms with Crippen LogP contribution in [-0.4, -0.2) is 50.7 Å². The summed E-state index contributed by atoms with van der Waals surface area (Å²) >= 11 is 0. The van der Waals surface area contributed by atoms with E-state index >= 15 is 0 Å². The first-order chi connectivity index (χ1) is 20.6. The first-order valence-corrected chi connectivity index (χ1v) is 13.7. The van der Waals surface area contributed by atoms with Crippen molar-refractivity contribution in [1.82, 2.24) is 19.9 Å². The van der Waals surface area contributed by atoms with Crippen LogP contribution in [0, 0.1) is 5.82 Å². The normalized spacial score (nSPS) is 11.4. The Kier molecular flexibility index (Phi) is 8.49. The van der Waals surface area contributed by atoms with Gasteiger partial charge in [-0.3, -0.25) is 9.59 Å². The molecule has 0 fully saturated rings. The van der Waals surface area contributed by atoms with E-state index in [9.17, 15) is 19.1 Å². The van der Waals surface area contributed by atoms with Crippen molar-refractivity contribution in [3.63, 3.8) is 0 Å². The lowest BCUT2D eigenvalue weighted by molar-refractivity contribution is -0.117. The highest BCUT2D eigenvalue weighted by atomic mass is 19.1. The number of amides is 1. The number of hydrogen-bond acceptors (Lipinski definition) is 7. The molecule has 220 valence electrons. The standard InChI is InChI=1S/C33H32FN5O4/c1-33(2,20-40)37-31(42)24-10-14-28(29(18-24)43-3)35-32-36-30-15-11-25(19-39(30)38-32)23-8-4-21(5-9-23)16-27(41)17-22-6-12-26(34)13-7-22/h4-15,18-19,40H,16-17,20H2,1-3H3,(H,35,38)(H,37,42). The van der Waals surface area contributed by atoms with E-state index in [1.165, 1.54) is 19.2 Å². The molecule has 1 amide bonds. The van der Waals surface area contributed by atoms with E-state index in [2.05, 4.69) is 20.7 Å². The molecule has 2 aromatic heterocycles. The van der Waals surface area contributed by atoms with Crippen LogP contribution in [0.25, 0.3) is 16.8 Å². The molecule has 0 aliphatic rings. The van der Waals surface area contributed by atoms with Crippen molar-refractivity contribution in [2.75, 3.05) is 19.0 Å². The first-order valence-electron chi connectivity index (χ1n) is 13.7. The molecule has 0 saturated carbocycles. The number of fused-ring (bicyclic) bond motifs is 1. The van der Waals surface area contributed by atoms with Crippen LogP contribution >= 0.6 is 0 Å². The molecular weight excluding hydrogens is 549 g/mol. The molecule has 43 heavy (non-hydrogen) atoms. The molecular formula is C33H32FN5O4. The lowest BCUT2D eigenvalue weighted by Gasteiger charge is -2.23. The summed E-state index contributed by atoms with van der Waals surface area (Å²) in [7, 11) is 1.51. The van der Waals surface area contributed by atoms with Gasteiger partial charge in [0, 0.05) is 30.2 Å². The smallest absolute Gasteiger partial charge is 0.251 e. The van der Waals surface area contributed by atoms with Crippen molar-refractivity contribution in [3.05, 3.63) is 108 Å². The summed E-state index contributed by atoms with van der Waals surface area (Å²) in [5.41, 5.74) is 4.43. The summed E-state index contributed by atoms with van der Waals surface area (Å²) < 4.78 is 20.3. The van der Waals surface area contributed by atoms with E-state index in [1.807, 2.05) is 42.6 Å². The maximum absolute atomic E-state index is 13.1. The van der Waals surface area contributed by atoms with Crippen LogP contribution < -0.4 is 15.4 Å². The third-order valence-electron chi connectivity index (χ3n) is 6.89. The van der Waals surface area contributed by atoms with Crippen LogP contribution in [0.5, 0.6) is 5.75 Å². The number of pyridine rings is 1. The lowest BCUT2D eigenvalue weighted by Crippen LogP contribution is -2.46. The van der Waals surface area contributed by atoms with Crippen LogP contribution in [0.4, 0.5) is 16.0 Å². The Hall–Kier alpha value is -5.09. The second-order valence-electron chi connectivity index (χ2n) is 10.9. The summed E-state index contributed by atoms with van der Waals surface area (Å²) in [5, 5.41) is 19.9. The number of nitrogens with zero attached hydrogens (tertiary/aromatic N) is 3. The number of anilines is 2. The van der Waals surface area contributed by atoms with Crippen LogP contribution in [0.1, 0.15) is 35.3 Å². The third-order valence-corrected chi connectivity index (χ3v) is 6.89. The van der Waals surface area contributed by atoms with Crippen molar-refractivity contribution in [2.24, 2.45) is 0 Å². The molecule has 0 saturated heterocycles. The zero-order chi connectivity index (χ0) is 30.6. The Morgan fingerprint density at radius 3 is 2.23 bits per heavy atom. The van der Waals surface area contributed by atoms with E-state index in [1.54, 1.807) is 48.7 Å². The van der Waals surface area contributed by atoms with E-state index in [-0.39, 0.29) is 30.5 Å². The van der Waals surface area contributed by atoms with Gasteiger partial charge in [-0.25, -0.2) is 8.91 Å². The van der Waals surface area contributed by atoms with Gasteiger partial charge in [0.2, 0.25) is 5.95 Å². The van der Waals surface area contributed by atoms with Crippen LogP contribution in [0.15, 0.2) is 85.1 Å². The van der Waals surface area contributed by atoms with Crippen LogP contribution in [0.2, 0.25) is 0 Å². The van der Waals surface area contributed by atoms with Crippen molar-refractivity contribution >= 4 is 29.0 Å². The van der Waals surface area contributed by atoms with E-state index in [0.29, 0.717) is 35.0 Å². The minimum atomic E-state index is -0.756. The highest BCUT2D eigenvalue weighted by Crippen LogP contribution is 2.29. The third kappa shape index (κ3) is 7.22. The number of aliphatic hydroxyl groups excluding tert-OH is 1. The lowest BCUT2D eigenvalue weighted by atomic mass is 10.0. The maximum Gasteiger partial charge on any atom is 0.251 e. The van der Waals surface area contributed by atoms with Gasteiger partial charge in [0.05, 0.1) is 24.9 Å². The Morgan fingerprint density at radius 2 is 1.58 bits per heavy atom. The Bertz CT molecular complexity index is 1770. The second-order valence-corrected chi connectivity index (χ2v) is 10.9. The van der Waals surface area contributed by atoms with E-state index in [0.717, 1.165) is 22.3 Å². The van der Waals surface area contributed by atoms with Crippen molar-refractivity contribution in [3.8, 4) is 16.9 Å². The van der Waals surface area contributed by atoms with Crippen molar-refractivity contribution in [2.45, 2.75) is 32.2 Å². The molecule has 0 bridgehead atoms. The average molecular weight is 582 g/mol. The number of ketones is 1. The van der Waals surface area contributed by atoms with Gasteiger partial charge in [0.1, 0.15) is 17.3 Å². The summed E-state index contributed by atoms with van der Waals surface area (Å²) in [6.07, 6.45) is 2.43. The zero-order valence-corrected chi connectivity index (χ0v) is 24.1. The quantitative estimate of drug-likeness (QED) is 0.198. The number of ether oxygens (including phenoxy) is 1. The van der Waals surface area contributed by atoms with Gasteiger partial charge in [-0.2, -0.15) is 4.98 Å². The molecule has 0 unspecified atom stereocenters. The molecule has 0 aliphatic heterocycles. The fraction of sp³-hybridized carbons (Fsp3) is 0.212. The molecule has 3 aromatic carbocycles. The fourth-order valence-corrected chi connectivity index (χ4v) is 4.52. The number of methoxy groups -OCH3 is 1. The van der Waals surface area contributed by atoms with Crippen LogP contribution in [0.3, 0.4) is 0 Å². The number of halogens is 1. The number of carbonyl (C=O) groups excluding carboxylic acids is 2. The van der Waals surface area contributed by atoms with E-state index in [4.69, 9.17) is 4.74 Å². The zero-order valence-electron chi connectivity index (χ0n) is 24.1. The number of hydrogen-bond donors (Lipinski definition) is 3. The highest BCUT2D eigenvalue weighted by Gasteiger charge is 2.21. The Labute approximate surface area is 248 Å². The number of rotatable bonds is 11. The molecule has 10 heteroatoms. The SMILES string of the molecule is COc1cc(C(=O)NC(C)(C)CO)ccc1Nc1nc2ccc(-c3ccc(CC(=O)Cc4ccc(F)cc4)cc3)cn2n1. The summed E-state index contributed by atoms with van der Waals surface area (Å²) in [5.74, 6) is 0.200. The molecule has 0 aliphatic carbocycles. The molecule has 0 radical (unpaired) electrons. The number of benzene rings is 3. The van der Waals surface area contributed by atoms with Gasteiger partial charge < -0.3 is 20.5 Å². The van der Waals surface area contributed by atoms with E-state index < -0.39 is 5.54 Å². The minimum Gasteiger partial charge on any atom is -0.495 e. The highest BCUT2D eigenvalue weighted by molar-refractivity contribution is 5.96. The van der Waals surface area contributed by atoms with Gasteiger partial charge in [-0.1, -0.05) is 36.4 Å². The fourth-order valence-electron chi connectivity index (χ4n) is 4.52. The molecule has 0 atom stereocenters. The predicted octanol–water partition coefficient (Wildman–Crippen LogP) is 5.14. The first kappa shape index (κ1) is 29.4. The number of Topliss-reactive ketones (excluding diaryl/α,β-unsaturated/α-hetero) is 1. The topological polar surface area (TPSA) is 118 Å². The molecule has 2 heterocycles. The summed E-state index contributed by atoms with van der Waals surface area (Å²) in [4.78, 5) is 29.7. The predicted molar refractivity (Wildman–Crippen MR) is 162 cm³/mol. The monoisotopic (exact) mass is 581 g/mol. The number of carbonyl (C=O) groups is 2. The molecule has 3 N–H and O–H groups in total. The Balaban J connectivity index is 1.26. The van der Waals surface area contributed by atoms with Gasteiger partial charge in [-0.05, 0) is 73.0 Å². The number of aliphatic hydroxyl groups is 1. The van der Waals surface area contributed by atoms with Gasteiger partial charge >= 0.3 is 0 Å². The molecule has 5 rings (SSSR count). The Morgan fingerprint density at radius 1 is 0.930 bits per heavy atom. The second kappa shape index (κ2) is 12.4. The largest absolute Gasteiger partial charge is 0.495 e. The van der Waals surface area contributed by atoms with Crippen LogP contribution in [-0.2, 0) is 17.6 Å². The molecule has 9 nitrogen and oxygen atoms in total. The maximum atomic E-state index is 13.1. The minimum absolute atomic E-state index is 0.0589. The molecule has 5 aromatic rings. The van der Waals surface area contributed by atoms with Gasteiger partial charge in [0.15, 0.2) is 5.65 Å². The van der Waals surface area contributed by atoms with Crippen molar-refractivity contribution < 1.29 is 23.8 Å². The number of nitrogens with one attached hydrogen (secondary N) is 2. The van der Waals surface area contributed by atoms with Gasteiger partial charge in [-0.15, -0.1) is 5.10 Å². The summed E-state index contributed by atoms with van der Waals surface area (Å²) in [6.45, 7) is 3.27. The number of aromatic nitrogens is 3. The molecule has 0 spiro atoms. The van der Waals surface area contributed by atoms with Crippen molar-refractivity contribution in [1.29, 1.82) is 0 Å². The average Bonchev–Trinajstić information content (AvgIpc) is 3.40.